The number of fused-ring (bicyclic) bond motifs is 1. The van der Waals surface area contributed by atoms with E-state index in [4.69, 9.17) is 9.47 Å². The number of hydrogen-bond acceptors (Lipinski definition) is 4. The third kappa shape index (κ3) is 2.98. The smallest absolute Gasteiger partial charge is 0.164 e. The fraction of sp³-hybridized carbons (Fsp3) is 0.571. The fourth-order valence-electron chi connectivity index (χ4n) is 2.51. The Bertz CT molecular complexity index is 447. The number of ether oxygens (including phenoxy) is 2. The summed E-state index contributed by atoms with van der Waals surface area (Å²) in [6, 6.07) is 3.23. The number of halogens is 1. The summed E-state index contributed by atoms with van der Waals surface area (Å²) in [6.07, 6.45) is 0.711. The van der Waals surface area contributed by atoms with Crippen molar-refractivity contribution in [2.75, 3.05) is 45.9 Å². The number of nitrogens with zero attached hydrogens (tertiary/aromatic N) is 1. The number of piperazine rings is 1. The number of nitrogens with one attached hydrogen (secondary N) is 1. The van der Waals surface area contributed by atoms with E-state index in [1.54, 1.807) is 6.07 Å². The lowest BCUT2D eigenvalue weighted by atomic mass is 10.1. The SMILES string of the molecule is Fc1cc2c(cc1CCN1CCNCC1)OCCO2. The molecule has 0 unspecified atom stereocenters. The van der Waals surface area contributed by atoms with Gasteiger partial charge in [-0.1, -0.05) is 0 Å². The first-order valence-electron chi connectivity index (χ1n) is 6.84. The van der Waals surface area contributed by atoms with Gasteiger partial charge in [0.15, 0.2) is 11.5 Å². The maximum absolute atomic E-state index is 14.0. The standard InChI is InChI=1S/C14H19FN2O2/c15-12-10-14-13(18-7-8-19-14)9-11(12)1-4-17-5-2-16-3-6-17/h9-10,16H,1-8H2. The molecule has 0 saturated carbocycles. The van der Waals surface area contributed by atoms with Crippen LogP contribution in [0, 0.1) is 5.82 Å². The summed E-state index contributed by atoms with van der Waals surface area (Å²) < 4.78 is 24.8. The first-order valence-corrected chi connectivity index (χ1v) is 6.84. The zero-order valence-electron chi connectivity index (χ0n) is 11.0. The van der Waals surface area contributed by atoms with Gasteiger partial charge in [-0.05, 0) is 18.1 Å². The Kier molecular flexibility index (Phi) is 3.84. The van der Waals surface area contributed by atoms with Gasteiger partial charge in [-0.25, -0.2) is 4.39 Å². The highest BCUT2D eigenvalue weighted by molar-refractivity contribution is 5.44. The summed E-state index contributed by atoms with van der Waals surface area (Å²) in [5, 5.41) is 3.31. The predicted octanol–water partition coefficient (Wildman–Crippen LogP) is 1.04. The molecule has 1 aromatic carbocycles. The zero-order chi connectivity index (χ0) is 13.1. The molecule has 2 heterocycles. The minimum Gasteiger partial charge on any atom is -0.486 e. The van der Waals surface area contributed by atoms with Crippen molar-refractivity contribution in [2.24, 2.45) is 0 Å². The van der Waals surface area contributed by atoms with Gasteiger partial charge in [-0.15, -0.1) is 0 Å². The van der Waals surface area contributed by atoms with Gasteiger partial charge in [0.25, 0.3) is 0 Å². The van der Waals surface area contributed by atoms with Crippen molar-refractivity contribution in [1.29, 1.82) is 0 Å². The highest BCUT2D eigenvalue weighted by Gasteiger charge is 2.17. The molecule has 0 bridgehead atoms. The predicted molar refractivity (Wildman–Crippen MR) is 70.4 cm³/mol. The topological polar surface area (TPSA) is 33.7 Å². The Morgan fingerprint density at radius 3 is 2.53 bits per heavy atom. The second kappa shape index (κ2) is 5.75. The summed E-state index contributed by atoms with van der Waals surface area (Å²) in [5.41, 5.74) is 0.711. The quantitative estimate of drug-likeness (QED) is 0.886. The molecule has 5 heteroatoms. The number of benzene rings is 1. The van der Waals surface area contributed by atoms with Gasteiger partial charge in [0.05, 0.1) is 0 Å². The second-order valence-corrected chi connectivity index (χ2v) is 4.93. The van der Waals surface area contributed by atoms with Crippen molar-refractivity contribution in [3.8, 4) is 11.5 Å². The summed E-state index contributed by atoms with van der Waals surface area (Å²) in [5.74, 6) is 0.997. The first kappa shape index (κ1) is 12.7. The average molecular weight is 266 g/mol. The lowest BCUT2D eigenvalue weighted by Gasteiger charge is -2.27. The molecule has 1 aromatic rings. The summed E-state index contributed by atoms with van der Waals surface area (Å²) >= 11 is 0. The fourth-order valence-corrected chi connectivity index (χ4v) is 2.51. The highest BCUT2D eigenvalue weighted by Crippen LogP contribution is 2.32. The van der Waals surface area contributed by atoms with E-state index in [0.717, 1.165) is 32.7 Å². The largest absolute Gasteiger partial charge is 0.486 e. The van der Waals surface area contributed by atoms with Crippen LogP contribution in [0.25, 0.3) is 0 Å². The van der Waals surface area contributed by atoms with Crippen molar-refractivity contribution in [2.45, 2.75) is 6.42 Å². The highest BCUT2D eigenvalue weighted by atomic mass is 19.1. The van der Waals surface area contributed by atoms with Crippen LogP contribution in [0.2, 0.25) is 0 Å². The Balaban J connectivity index is 1.66. The van der Waals surface area contributed by atoms with Gasteiger partial charge in [-0.3, -0.25) is 0 Å². The lowest BCUT2D eigenvalue weighted by molar-refractivity contribution is 0.170. The van der Waals surface area contributed by atoms with Gasteiger partial charge in [0, 0.05) is 38.8 Å². The van der Waals surface area contributed by atoms with E-state index in [1.165, 1.54) is 6.07 Å². The van der Waals surface area contributed by atoms with E-state index in [1.807, 2.05) is 0 Å². The van der Waals surface area contributed by atoms with Crippen LogP contribution in [-0.2, 0) is 6.42 Å². The van der Waals surface area contributed by atoms with Crippen molar-refractivity contribution in [1.82, 2.24) is 10.2 Å². The summed E-state index contributed by atoms with van der Waals surface area (Å²) in [6.45, 7) is 6.02. The molecule has 2 aliphatic rings. The number of hydrogen-bond donors (Lipinski definition) is 1. The van der Waals surface area contributed by atoms with Crippen molar-refractivity contribution in [3.05, 3.63) is 23.5 Å². The molecule has 0 atom stereocenters. The van der Waals surface area contributed by atoms with E-state index in [0.29, 0.717) is 36.7 Å². The van der Waals surface area contributed by atoms with Crippen LogP contribution in [0.3, 0.4) is 0 Å². The molecule has 1 N–H and O–H groups in total. The van der Waals surface area contributed by atoms with E-state index in [2.05, 4.69) is 10.2 Å². The Morgan fingerprint density at radius 2 is 1.79 bits per heavy atom. The van der Waals surface area contributed by atoms with E-state index in [-0.39, 0.29) is 5.82 Å². The van der Waals surface area contributed by atoms with Crippen LogP contribution < -0.4 is 14.8 Å². The molecule has 2 aliphatic heterocycles. The normalized spacial score (nSPS) is 19.4. The molecule has 0 radical (unpaired) electrons. The molecule has 4 nitrogen and oxygen atoms in total. The molecular weight excluding hydrogens is 247 g/mol. The van der Waals surface area contributed by atoms with E-state index < -0.39 is 0 Å². The van der Waals surface area contributed by atoms with Crippen molar-refractivity contribution in [3.63, 3.8) is 0 Å². The lowest BCUT2D eigenvalue weighted by Crippen LogP contribution is -2.44. The van der Waals surface area contributed by atoms with Gasteiger partial charge in [0.2, 0.25) is 0 Å². The van der Waals surface area contributed by atoms with Crippen LogP contribution in [0.1, 0.15) is 5.56 Å². The third-order valence-electron chi connectivity index (χ3n) is 3.62. The Labute approximate surface area is 112 Å². The minimum atomic E-state index is -0.195. The Morgan fingerprint density at radius 1 is 1.11 bits per heavy atom. The van der Waals surface area contributed by atoms with Gasteiger partial charge >= 0.3 is 0 Å². The third-order valence-corrected chi connectivity index (χ3v) is 3.62. The molecule has 0 aromatic heterocycles. The van der Waals surface area contributed by atoms with E-state index >= 15 is 0 Å². The molecule has 19 heavy (non-hydrogen) atoms. The maximum Gasteiger partial charge on any atom is 0.164 e. The minimum absolute atomic E-state index is 0.195. The zero-order valence-corrected chi connectivity index (χ0v) is 11.0. The van der Waals surface area contributed by atoms with Crippen molar-refractivity contribution < 1.29 is 13.9 Å². The van der Waals surface area contributed by atoms with Crippen LogP contribution in [0.4, 0.5) is 4.39 Å². The van der Waals surface area contributed by atoms with Crippen molar-refractivity contribution >= 4 is 0 Å². The van der Waals surface area contributed by atoms with Gasteiger partial charge in [0.1, 0.15) is 19.0 Å². The summed E-state index contributed by atoms with van der Waals surface area (Å²) in [7, 11) is 0. The molecule has 0 aliphatic carbocycles. The van der Waals surface area contributed by atoms with Crippen LogP contribution in [0.15, 0.2) is 12.1 Å². The Hall–Kier alpha value is -1.33. The van der Waals surface area contributed by atoms with Gasteiger partial charge < -0.3 is 19.7 Å². The molecule has 0 spiro atoms. The molecule has 3 rings (SSSR count). The molecule has 1 fully saturated rings. The second-order valence-electron chi connectivity index (χ2n) is 4.93. The van der Waals surface area contributed by atoms with Crippen LogP contribution >= 0.6 is 0 Å². The van der Waals surface area contributed by atoms with Crippen LogP contribution in [0.5, 0.6) is 11.5 Å². The average Bonchev–Trinajstić information content (AvgIpc) is 2.46. The first-order chi connectivity index (χ1) is 9.33. The molecule has 0 amide bonds. The monoisotopic (exact) mass is 266 g/mol. The summed E-state index contributed by atoms with van der Waals surface area (Å²) in [4.78, 5) is 2.35. The molecular formula is C14H19FN2O2. The molecule has 104 valence electrons. The number of rotatable bonds is 3. The maximum atomic E-state index is 14.0. The van der Waals surface area contributed by atoms with E-state index in [9.17, 15) is 4.39 Å². The molecule has 1 saturated heterocycles. The van der Waals surface area contributed by atoms with Gasteiger partial charge in [-0.2, -0.15) is 0 Å². The van der Waals surface area contributed by atoms with Crippen LogP contribution in [-0.4, -0.2) is 50.8 Å².